The van der Waals surface area contributed by atoms with Gasteiger partial charge in [0.15, 0.2) is 17.2 Å². The number of carbonyl (C=O) groups is 2. The molecular formula is C16H15N3O6. The van der Waals surface area contributed by atoms with Crippen molar-refractivity contribution in [2.45, 2.75) is 0 Å². The van der Waals surface area contributed by atoms with Gasteiger partial charge in [-0.1, -0.05) is 0 Å². The monoisotopic (exact) mass is 345 g/mol. The molecule has 0 fully saturated rings. The van der Waals surface area contributed by atoms with Gasteiger partial charge < -0.3 is 29.6 Å². The van der Waals surface area contributed by atoms with Gasteiger partial charge in [-0.2, -0.15) is 5.26 Å². The Morgan fingerprint density at radius 1 is 1.20 bits per heavy atom. The summed E-state index contributed by atoms with van der Waals surface area (Å²) >= 11 is 0. The van der Waals surface area contributed by atoms with Gasteiger partial charge in [-0.3, -0.25) is 0 Å². The molecule has 130 valence electrons. The molecule has 1 aromatic carbocycles. The number of hydrogen-bond donors (Lipinski definition) is 2. The molecule has 9 nitrogen and oxygen atoms in total. The molecule has 2 aromatic rings. The van der Waals surface area contributed by atoms with Crippen molar-refractivity contribution in [3.63, 3.8) is 0 Å². The fraction of sp³-hybridized carbons (Fsp3) is 0.188. The zero-order valence-corrected chi connectivity index (χ0v) is 13.7. The molecule has 0 aliphatic rings. The minimum absolute atomic E-state index is 0.00604. The average molecular weight is 345 g/mol. The van der Waals surface area contributed by atoms with Crippen molar-refractivity contribution in [3.8, 4) is 23.3 Å². The van der Waals surface area contributed by atoms with E-state index in [0.29, 0.717) is 0 Å². The van der Waals surface area contributed by atoms with Crippen LogP contribution in [-0.2, 0) is 4.74 Å². The van der Waals surface area contributed by atoms with Crippen LogP contribution < -0.4 is 15.2 Å². The summed E-state index contributed by atoms with van der Waals surface area (Å²) in [5.74, 6) is -1.64. The first-order chi connectivity index (χ1) is 11.9. The van der Waals surface area contributed by atoms with E-state index >= 15 is 0 Å². The zero-order chi connectivity index (χ0) is 18.7. The molecule has 1 aromatic heterocycles. The maximum absolute atomic E-state index is 12.1. The molecule has 0 saturated heterocycles. The van der Waals surface area contributed by atoms with E-state index in [9.17, 15) is 14.7 Å². The number of hydrogen-bond acceptors (Lipinski definition) is 7. The molecule has 9 heteroatoms. The van der Waals surface area contributed by atoms with Gasteiger partial charge in [-0.15, -0.1) is 0 Å². The van der Waals surface area contributed by atoms with E-state index in [1.54, 1.807) is 0 Å². The number of carbonyl (C=O) groups excluding carboxylic acids is 1. The van der Waals surface area contributed by atoms with Crippen LogP contribution in [0.15, 0.2) is 18.3 Å². The number of rotatable bonds is 5. The number of aromatic nitrogens is 1. The van der Waals surface area contributed by atoms with Gasteiger partial charge in [-0.25, -0.2) is 9.59 Å². The summed E-state index contributed by atoms with van der Waals surface area (Å²) in [5.41, 5.74) is 5.46. The van der Waals surface area contributed by atoms with Crippen molar-refractivity contribution >= 4 is 17.6 Å². The number of esters is 1. The quantitative estimate of drug-likeness (QED) is 0.776. The van der Waals surface area contributed by atoms with Gasteiger partial charge in [-0.05, 0) is 0 Å². The number of nitrogen functional groups attached to an aromatic ring is 1. The van der Waals surface area contributed by atoms with E-state index < -0.39 is 11.9 Å². The number of nitriles is 1. The number of nitrogens with zero attached hydrogens (tertiary/aromatic N) is 2. The van der Waals surface area contributed by atoms with Crippen molar-refractivity contribution in [1.82, 2.24) is 4.57 Å². The number of methoxy groups -OCH3 is 3. The van der Waals surface area contributed by atoms with Crippen molar-refractivity contribution in [1.29, 1.82) is 5.26 Å². The first kappa shape index (κ1) is 17.7. The van der Waals surface area contributed by atoms with Crippen molar-refractivity contribution in [3.05, 3.63) is 35.2 Å². The average Bonchev–Trinajstić information content (AvgIpc) is 2.95. The highest BCUT2D eigenvalue weighted by atomic mass is 16.5. The summed E-state index contributed by atoms with van der Waals surface area (Å²) in [6.45, 7) is 0. The standard InChI is InChI=1S/C16H15N3O6/c1-23-11-4-9(15(20)21)10(5-12(11)24-2)19-7-8(6-17)13(18)14(19)16(22)25-3/h4-5,7H,18H2,1-3H3,(H,20,21). The Bertz CT molecular complexity index is 894. The molecule has 0 spiro atoms. The fourth-order valence-corrected chi connectivity index (χ4v) is 2.34. The van der Waals surface area contributed by atoms with Gasteiger partial charge >= 0.3 is 11.9 Å². The highest BCUT2D eigenvalue weighted by Gasteiger charge is 2.26. The minimum atomic E-state index is -1.27. The zero-order valence-electron chi connectivity index (χ0n) is 13.7. The Morgan fingerprint density at radius 2 is 1.80 bits per heavy atom. The third-order valence-corrected chi connectivity index (χ3v) is 3.54. The van der Waals surface area contributed by atoms with E-state index in [1.165, 1.54) is 37.1 Å². The molecular weight excluding hydrogens is 330 g/mol. The third kappa shape index (κ3) is 2.92. The maximum Gasteiger partial charge on any atom is 0.357 e. The smallest absolute Gasteiger partial charge is 0.357 e. The summed E-state index contributed by atoms with van der Waals surface area (Å²) < 4.78 is 16.2. The molecule has 2 rings (SSSR count). The third-order valence-electron chi connectivity index (χ3n) is 3.54. The fourth-order valence-electron chi connectivity index (χ4n) is 2.34. The summed E-state index contributed by atoms with van der Waals surface area (Å²) in [6.07, 6.45) is 1.26. The minimum Gasteiger partial charge on any atom is -0.493 e. The summed E-state index contributed by atoms with van der Waals surface area (Å²) in [4.78, 5) is 23.7. The second kappa shape index (κ2) is 6.84. The molecule has 3 N–H and O–H groups in total. The predicted octanol–water partition coefficient (Wildman–Crippen LogP) is 1.43. The summed E-state index contributed by atoms with van der Waals surface area (Å²) in [6, 6.07) is 4.47. The molecule has 0 amide bonds. The number of benzene rings is 1. The lowest BCUT2D eigenvalue weighted by molar-refractivity contribution is 0.0590. The Hall–Kier alpha value is -3.67. The molecule has 0 saturated carbocycles. The van der Waals surface area contributed by atoms with Crippen LogP contribution in [0, 0.1) is 11.3 Å². The topological polar surface area (TPSA) is 137 Å². The van der Waals surface area contributed by atoms with Crippen LogP contribution in [0.5, 0.6) is 11.5 Å². The van der Waals surface area contributed by atoms with Crippen LogP contribution in [0.2, 0.25) is 0 Å². The van der Waals surface area contributed by atoms with Crippen LogP contribution in [0.1, 0.15) is 26.4 Å². The van der Waals surface area contributed by atoms with E-state index in [1.807, 2.05) is 6.07 Å². The molecule has 0 aliphatic carbocycles. The Morgan fingerprint density at radius 3 is 2.28 bits per heavy atom. The number of carboxylic acid groups (broad SMARTS) is 1. The predicted molar refractivity (Wildman–Crippen MR) is 86.3 cm³/mol. The number of ether oxygens (including phenoxy) is 3. The Balaban J connectivity index is 2.88. The normalized spacial score (nSPS) is 10.0. The van der Waals surface area contributed by atoms with E-state index in [0.717, 1.165) is 7.11 Å². The summed E-state index contributed by atoms with van der Waals surface area (Å²) in [7, 11) is 3.90. The van der Waals surface area contributed by atoms with Crippen molar-refractivity contribution in [2.24, 2.45) is 0 Å². The lowest BCUT2D eigenvalue weighted by Gasteiger charge is -2.15. The Labute approximate surface area is 142 Å². The van der Waals surface area contributed by atoms with Crippen molar-refractivity contribution in [2.75, 3.05) is 27.1 Å². The lowest BCUT2D eigenvalue weighted by atomic mass is 10.1. The van der Waals surface area contributed by atoms with Crippen LogP contribution in [-0.4, -0.2) is 42.9 Å². The van der Waals surface area contributed by atoms with E-state index in [2.05, 4.69) is 4.74 Å². The van der Waals surface area contributed by atoms with Crippen molar-refractivity contribution < 1.29 is 28.9 Å². The summed E-state index contributed by atoms with van der Waals surface area (Å²) in [5, 5.41) is 18.7. The van der Waals surface area contributed by atoms with Gasteiger partial charge in [0.1, 0.15) is 6.07 Å². The second-order valence-corrected chi connectivity index (χ2v) is 4.81. The second-order valence-electron chi connectivity index (χ2n) is 4.81. The molecule has 0 bridgehead atoms. The van der Waals surface area contributed by atoms with Gasteiger partial charge in [0, 0.05) is 18.3 Å². The van der Waals surface area contributed by atoms with Crippen LogP contribution in [0.4, 0.5) is 5.69 Å². The largest absolute Gasteiger partial charge is 0.493 e. The van der Waals surface area contributed by atoms with Gasteiger partial charge in [0.25, 0.3) is 0 Å². The van der Waals surface area contributed by atoms with Crippen LogP contribution >= 0.6 is 0 Å². The number of anilines is 1. The molecule has 0 unspecified atom stereocenters. The Kier molecular flexibility index (Phi) is 4.84. The van der Waals surface area contributed by atoms with Crippen LogP contribution in [0.25, 0.3) is 5.69 Å². The van der Waals surface area contributed by atoms with E-state index in [-0.39, 0.29) is 39.7 Å². The molecule has 1 heterocycles. The lowest BCUT2D eigenvalue weighted by Crippen LogP contribution is -2.14. The maximum atomic E-state index is 12.1. The molecule has 0 aliphatic heterocycles. The molecule has 0 atom stereocenters. The SMILES string of the molecule is COC(=O)c1c(N)c(C#N)cn1-c1cc(OC)c(OC)cc1C(=O)O. The van der Waals surface area contributed by atoms with Crippen LogP contribution in [0.3, 0.4) is 0 Å². The van der Waals surface area contributed by atoms with Gasteiger partial charge in [0.05, 0.1) is 43.8 Å². The highest BCUT2D eigenvalue weighted by molar-refractivity contribution is 5.98. The number of aromatic carboxylic acids is 1. The first-order valence-corrected chi connectivity index (χ1v) is 6.88. The molecule has 0 radical (unpaired) electrons. The molecule has 25 heavy (non-hydrogen) atoms. The first-order valence-electron chi connectivity index (χ1n) is 6.88. The number of carboxylic acids is 1. The van der Waals surface area contributed by atoms with Gasteiger partial charge in [0.2, 0.25) is 0 Å². The van der Waals surface area contributed by atoms with E-state index in [4.69, 9.17) is 20.5 Å². The number of nitrogens with two attached hydrogens (primary N) is 1. The highest BCUT2D eigenvalue weighted by Crippen LogP contribution is 2.35.